The van der Waals surface area contributed by atoms with Crippen molar-refractivity contribution >= 4 is 28.0 Å². The largest absolute Gasteiger partial charge is 0.252 e. The molecule has 0 bridgehead atoms. The monoisotopic (exact) mass is 990 g/mol. The van der Waals surface area contributed by atoms with Crippen LogP contribution >= 0.6 is 0 Å². The number of hydrogen-bond acceptors (Lipinski definition) is 1. The molecule has 0 aliphatic heterocycles. The maximum atomic E-state index is 15.4. The van der Waals surface area contributed by atoms with Gasteiger partial charge in [-0.25, -0.2) is 87.8 Å². The summed E-state index contributed by atoms with van der Waals surface area (Å²) in [4.78, 5) is 4.31. The first kappa shape index (κ1) is 52.8. The van der Waals surface area contributed by atoms with Gasteiger partial charge in [-0.05, 0) is 6.42 Å². The van der Waals surface area contributed by atoms with Gasteiger partial charge in [0, 0.05) is 12.0 Å². The number of aromatic nitrogens is 2. The Labute approximate surface area is 372 Å². The lowest BCUT2D eigenvalue weighted by atomic mass is 9.12. The van der Waals surface area contributed by atoms with Crippen molar-refractivity contribution in [2.45, 2.75) is 71.3 Å². The standard InChI is InChI=1S/C24BF20.C21H31N2/c26-5-1(6(27)14(35)21(42)13(5)34)25(2-7(28)15(36)22(43)16(37)8(2)29,3-9(30)17(38)23(44)18(39)10(3)31)4-11(32)19(40)24(45)20(41)12(4)33;1-2-3-4-5-6-7-8-12-15-21-18-22-16-17-23(21)19-20-13-10-9-11-14-20/h;9-11,13-14,16-18H,2-8,12,15,19H2,1H3/q-1;+1. The molecule has 0 saturated heterocycles. The van der Waals surface area contributed by atoms with Crippen LogP contribution in [0, 0.1) is 116 Å². The predicted octanol–water partition coefficient (Wildman–Crippen LogP) is 10.9. The average molecular weight is 991 g/mol. The second-order valence-corrected chi connectivity index (χ2v) is 15.2. The molecule has 364 valence electrons. The quantitative estimate of drug-likeness (QED) is 0.0250. The van der Waals surface area contributed by atoms with E-state index in [9.17, 15) is 52.7 Å². The van der Waals surface area contributed by atoms with Gasteiger partial charge in [-0.3, -0.25) is 4.98 Å². The van der Waals surface area contributed by atoms with Crippen molar-refractivity contribution in [2.75, 3.05) is 0 Å². The third-order valence-corrected chi connectivity index (χ3v) is 11.1. The van der Waals surface area contributed by atoms with Gasteiger partial charge < -0.3 is 0 Å². The van der Waals surface area contributed by atoms with E-state index in [1.165, 1.54) is 62.6 Å². The van der Waals surface area contributed by atoms with Crippen molar-refractivity contribution in [3.05, 3.63) is 177 Å². The molecule has 0 aliphatic rings. The lowest BCUT2D eigenvalue weighted by Crippen LogP contribution is -2.81. The molecule has 0 N–H and O–H groups in total. The number of unbranched alkanes of at least 4 members (excludes halogenated alkanes) is 7. The van der Waals surface area contributed by atoms with Crippen molar-refractivity contribution in [2.24, 2.45) is 0 Å². The maximum Gasteiger partial charge on any atom is 0.200 e. The Bertz CT molecular complexity index is 2440. The molecule has 23 heteroatoms. The lowest BCUT2D eigenvalue weighted by molar-refractivity contribution is -0.696. The van der Waals surface area contributed by atoms with Crippen LogP contribution in [0.3, 0.4) is 0 Å². The highest BCUT2D eigenvalue weighted by molar-refractivity contribution is 7.20. The predicted molar refractivity (Wildman–Crippen MR) is 206 cm³/mol. The minimum Gasteiger partial charge on any atom is -0.252 e. The molecule has 6 aromatic rings. The molecule has 5 aromatic carbocycles. The number of benzene rings is 5. The Morgan fingerprint density at radius 2 is 0.676 bits per heavy atom. The fourth-order valence-electron chi connectivity index (χ4n) is 7.87. The second kappa shape index (κ2) is 21.9. The van der Waals surface area contributed by atoms with Gasteiger partial charge in [-0.2, -0.15) is 4.57 Å². The van der Waals surface area contributed by atoms with Crippen LogP contribution in [0.2, 0.25) is 0 Å². The summed E-state index contributed by atoms with van der Waals surface area (Å²) in [5.41, 5.74) is -11.6. The molecule has 0 atom stereocenters. The van der Waals surface area contributed by atoms with Gasteiger partial charge in [0.25, 0.3) is 0 Å². The number of nitrogens with zero attached hydrogens (tertiary/aromatic N) is 2. The van der Waals surface area contributed by atoms with Crippen molar-refractivity contribution < 1.29 is 92.4 Å². The molecule has 0 radical (unpaired) electrons. The highest BCUT2D eigenvalue weighted by Gasteiger charge is 2.52. The molecule has 0 amide bonds. The minimum absolute atomic E-state index is 0.940. The van der Waals surface area contributed by atoms with Crippen LogP contribution < -0.4 is 26.4 Å². The van der Waals surface area contributed by atoms with E-state index in [1.54, 1.807) is 0 Å². The van der Waals surface area contributed by atoms with E-state index in [4.69, 9.17) is 0 Å². The van der Waals surface area contributed by atoms with Crippen molar-refractivity contribution in [3.8, 4) is 0 Å². The van der Waals surface area contributed by atoms with Crippen molar-refractivity contribution in [3.63, 3.8) is 0 Å². The molecule has 68 heavy (non-hydrogen) atoms. The SMILES string of the molecule is CCCCCCCCCCc1cncc[n+]1Cc1ccccc1.Fc1c(F)c(F)c([B-](c2c(F)c(F)c(F)c(F)c2F)(c2c(F)c(F)c(F)c(F)c2F)c2c(F)c(F)c(F)c(F)c2F)c(F)c1F. The first-order valence-electron chi connectivity index (χ1n) is 20.2. The average Bonchev–Trinajstić information content (AvgIpc) is 3.33. The topological polar surface area (TPSA) is 16.8 Å². The normalized spacial score (nSPS) is 11.6. The van der Waals surface area contributed by atoms with Gasteiger partial charge >= 0.3 is 0 Å². The molecule has 1 heterocycles. The van der Waals surface area contributed by atoms with E-state index in [1.807, 2.05) is 12.4 Å². The highest BCUT2D eigenvalue weighted by atomic mass is 19.2. The molecule has 2 nitrogen and oxygen atoms in total. The van der Waals surface area contributed by atoms with E-state index in [-0.39, 0.29) is 0 Å². The van der Waals surface area contributed by atoms with Gasteiger partial charge in [0.2, 0.25) is 0 Å². The summed E-state index contributed by atoms with van der Waals surface area (Å²) in [6, 6.07) is 10.7. The Kier molecular flexibility index (Phi) is 17.0. The first-order valence-corrected chi connectivity index (χ1v) is 20.2. The third-order valence-electron chi connectivity index (χ3n) is 11.1. The fourth-order valence-corrected chi connectivity index (χ4v) is 7.87. The van der Waals surface area contributed by atoms with Crippen LogP contribution in [-0.2, 0) is 13.0 Å². The zero-order valence-electron chi connectivity index (χ0n) is 34.7. The van der Waals surface area contributed by atoms with Crippen molar-refractivity contribution in [1.29, 1.82) is 0 Å². The van der Waals surface area contributed by atoms with E-state index < -0.39 is 144 Å². The Morgan fingerprint density at radius 1 is 0.382 bits per heavy atom. The summed E-state index contributed by atoms with van der Waals surface area (Å²) in [5, 5.41) is 0. The summed E-state index contributed by atoms with van der Waals surface area (Å²) >= 11 is 0. The van der Waals surface area contributed by atoms with E-state index in [0.29, 0.717) is 0 Å². The molecule has 0 unspecified atom stereocenters. The Hall–Kier alpha value is -6.16. The number of halogens is 20. The van der Waals surface area contributed by atoms with Crippen molar-refractivity contribution in [1.82, 2.24) is 4.98 Å². The van der Waals surface area contributed by atoms with Crippen LogP contribution in [0.25, 0.3) is 0 Å². The molecular formula is C45H31BF20N2. The lowest BCUT2D eigenvalue weighted by Gasteiger charge is -2.44. The zero-order valence-corrected chi connectivity index (χ0v) is 34.7. The Morgan fingerprint density at radius 3 is 1.00 bits per heavy atom. The van der Waals surface area contributed by atoms with Crippen LogP contribution in [-0.4, -0.2) is 11.1 Å². The summed E-state index contributed by atoms with van der Waals surface area (Å²) in [6.07, 6.45) is 10.9. The maximum absolute atomic E-state index is 15.4. The fraction of sp³-hybridized carbons (Fsp3) is 0.244. The summed E-state index contributed by atoms with van der Waals surface area (Å²) in [6.45, 7) is 3.22. The molecule has 0 fully saturated rings. The van der Waals surface area contributed by atoms with Crippen LogP contribution in [0.15, 0.2) is 48.9 Å². The van der Waals surface area contributed by atoms with Crippen LogP contribution in [0.1, 0.15) is 69.5 Å². The number of rotatable bonds is 15. The number of hydrogen-bond donors (Lipinski definition) is 0. The van der Waals surface area contributed by atoms with E-state index >= 15 is 35.1 Å². The Balaban J connectivity index is 0.000000314. The van der Waals surface area contributed by atoms with E-state index in [0.717, 1.165) is 13.0 Å². The van der Waals surface area contributed by atoms with Crippen LogP contribution in [0.4, 0.5) is 87.8 Å². The number of aryl methyl sites for hydroxylation is 1. The summed E-state index contributed by atoms with van der Waals surface area (Å²) in [7, 11) is 0. The van der Waals surface area contributed by atoms with Gasteiger partial charge in [0.15, 0.2) is 88.2 Å². The minimum atomic E-state index is -7.22. The molecule has 1 aromatic heterocycles. The van der Waals surface area contributed by atoms with E-state index in [2.05, 4.69) is 53.0 Å². The van der Waals surface area contributed by atoms with Gasteiger partial charge in [-0.15, -0.1) is 21.9 Å². The first-order chi connectivity index (χ1) is 32.1. The van der Waals surface area contributed by atoms with Gasteiger partial charge in [0.1, 0.15) is 52.7 Å². The second-order valence-electron chi connectivity index (χ2n) is 15.2. The molecule has 0 saturated carbocycles. The molecule has 6 rings (SSSR count). The highest BCUT2D eigenvalue weighted by Crippen LogP contribution is 2.31. The molecular weight excluding hydrogens is 959 g/mol. The van der Waals surface area contributed by atoms with Gasteiger partial charge in [-0.1, -0.05) is 82.2 Å². The van der Waals surface area contributed by atoms with Gasteiger partial charge in [0.05, 0.1) is 12.4 Å². The zero-order chi connectivity index (χ0) is 50.5. The summed E-state index contributed by atoms with van der Waals surface area (Å²) < 4.78 is 296. The molecule has 0 aliphatic carbocycles. The third kappa shape index (κ3) is 9.61. The summed E-state index contributed by atoms with van der Waals surface area (Å²) in [5.74, 6) is -71.4. The van der Waals surface area contributed by atoms with Crippen LogP contribution in [0.5, 0.6) is 0 Å². The smallest absolute Gasteiger partial charge is 0.200 e. The molecule has 0 spiro atoms.